The second kappa shape index (κ2) is 8.11. The Morgan fingerprint density at radius 2 is 1.96 bits per heavy atom. The molecule has 0 bridgehead atoms. The largest absolute Gasteiger partial charge is 0.332 e. The minimum absolute atomic E-state index is 0.0874. The van der Waals surface area contributed by atoms with Crippen molar-refractivity contribution in [2.24, 2.45) is 0 Å². The van der Waals surface area contributed by atoms with Gasteiger partial charge in [-0.15, -0.1) is 5.10 Å². The summed E-state index contributed by atoms with van der Waals surface area (Å²) in [7, 11) is 0. The molecule has 0 aliphatic heterocycles. The van der Waals surface area contributed by atoms with E-state index in [1.807, 2.05) is 37.3 Å². The van der Waals surface area contributed by atoms with Crippen LogP contribution >= 0.6 is 0 Å². The molecule has 0 fully saturated rings. The van der Waals surface area contributed by atoms with Gasteiger partial charge in [0.1, 0.15) is 0 Å². The second-order valence-electron chi connectivity index (χ2n) is 5.73. The molecular weight excluding hydrogens is 332 g/mol. The Kier molecular flexibility index (Phi) is 5.43. The van der Waals surface area contributed by atoms with Gasteiger partial charge in [-0.1, -0.05) is 30.3 Å². The van der Waals surface area contributed by atoms with Crippen LogP contribution in [0.4, 0.5) is 10.5 Å². The van der Waals surface area contributed by atoms with E-state index in [2.05, 4.69) is 20.9 Å². The van der Waals surface area contributed by atoms with Crippen LogP contribution in [0, 0.1) is 0 Å². The number of pyridine rings is 1. The fraction of sp³-hybridized carbons (Fsp3) is 0.222. The number of aromatic nitrogens is 4. The van der Waals surface area contributed by atoms with E-state index in [4.69, 9.17) is 0 Å². The fourth-order valence-electron chi connectivity index (χ4n) is 2.53. The molecule has 2 amide bonds. The maximum absolute atomic E-state index is 12.1. The lowest BCUT2D eigenvalue weighted by Gasteiger charge is -2.10. The zero-order valence-corrected chi connectivity index (χ0v) is 14.4. The van der Waals surface area contributed by atoms with Crippen molar-refractivity contribution < 1.29 is 4.79 Å². The normalized spacial score (nSPS) is 10.5. The van der Waals surface area contributed by atoms with E-state index >= 15 is 0 Å². The van der Waals surface area contributed by atoms with Crippen LogP contribution in [0.25, 0.3) is 5.69 Å². The van der Waals surface area contributed by atoms with Gasteiger partial charge in [0.25, 0.3) is 5.56 Å². The lowest BCUT2D eigenvalue weighted by Crippen LogP contribution is -2.30. The summed E-state index contributed by atoms with van der Waals surface area (Å²) in [4.78, 5) is 23.9. The van der Waals surface area contributed by atoms with Gasteiger partial charge in [-0.25, -0.2) is 9.48 Å². The molecule has 2 heterocycles. The molecule has 0 aliphatic rings. The molecular formula is C18H20N6O2. The van der Waals surface area contributed by atoms with Crippen molar-refractivity contribution in [1.82, 2.24) is 24.9 Å². The Hall–Kier alpha value is -3.42. The molecule has 0 unspecified atom stereocenters. The SMILES string of the molecule is CCCn1cc(NC(=O)NCc2cnnn2-c2ccccc2)ccc1=O. The lowest BCUT2D eigenvalue weighted by molar-refractivity contribution is 0.251. The molecule has 0 atom stereocenters. The fourth-order valence-corrected chi connectivity index (χ4v) is 2.53. The minimum Gasteiger partial charge on any atom is -0.332 e. The van der Waals surface area contributed by atoms with E-state index in [-0.39, 0.29) is 18.1 Å². The number of hydrogen-bond donors (Lipinski definition) is 2. The molecule has 0 saturated carbocycles. The highest BCUT2D eigenvalue weighted by Crippen LogP contribution is 2.09. The summed E-state index contributed by atoms with van der Waals surface area (Å²) >= 11 is 0. The van der Waals surface area contributed by atoms with Crippen LogP contribution in [-0.4, -0.2) is 25.6 Å². The highest BCUT2D eigenvalue weighted by Gasteiger charge is 2.08. The molecule has 134 valence electrons. The van der Waals surface area contributed by atoms with Crippen molar-refractivity contribution in [3.63, 3.8) is 0 Å². The molecule has 2 N–H and O–H groups in total. The van der Waals surface area contributed by atoms with Crippen LogP contribution in [0.5, 0.6) is 0 Å². The number of anilines is 1. The molecule has 8 heteroatoms. The number of para-hydroxylation sites is 1. The first-order valence-electron chi connectivity index (χ1n) is 8.37. The maximum Gasteiger partial charge on any atom is 0.319 e. The van der Waals surface area contributed by atoms with Gasteiger partial charge in [0, 0.05) is 18.8 Å². The minimum atomic E-state index is -0.368. The third kappa shape index (κ3) is 4.15. The predicted octanol–water partition coefficient (Wildman–Crippen LogP) is 2.16. The molecule has 1 aromatic carbocycles. The molecule has 8 nitrogen and oxygen atoms in total. The second-order valence-corrected chi connectivity index (χ2v) is 5.73. The van der Waals surface area contributed by atoms with Crippen LogP contribution in [0.15, 0.2) is 59.7 Å². The summed E-state index contributed by atoms with van der Waals surface area (Å²) in [6.45, 7) is 2.86. The van der Waals surface area contributed by atoms with Gasteiger partial charge in [0.2, 0.25) is 0 Å². The zero-order valence-electron chi connectivity index (χ0n) is 14.4. The van der Waals surface area contributed by atoms with E-state index in [0.717, 1.165) is 17.8 Å². The van der Waals surface area contributed by atoms with E-state index in [0.29, 0.717) is 12.2 Å². The zero-order chi connectivity index (χ0) is 18.4. The smallest absolute Gasteiger partial charge is 0.319 e. The van der Waals surface area contributed by atoms with Crippen molar-refractivity contribution in [1.29, 1.82) is 0 Å². The maximum atomic E-state index is 12.1. The number of benzene rings is 1. The summed E-state index contributed by atoms with van der Waals surface area (Å²) in [5, 5.41) is 13.5. The Morgan fingerprint density at radius 3 is 2.73 bits per heavy atom. The van der Waals surface area contributed by atoms with Crippen molar-refractivity contribution in [3.05, 3.63) is 70.9 Å². The highest BCUT2D eigenvalue weighted by molar-refractivity contribution is 5.88. The third-order valence-corrected chi connectivity index (χ3v) is 3.76. The van der Waals surface area contributed by atoms with E-state index in [9.17, 15) is 9.59 Å². The van der Waals surface area contributed by atoms with E-state index in [1.54, 1.807) is 27.7 Å². The van der Waals surface area contributed by atoms with Crippen molar-refractivity contribution >= 4 is 11.7 Å². The third-order valence-electron chi connectivity index (χ3n) is 3.76. The molecule has 0 saturated heterocycles. The molecule has 3 rings (SSSR count). The van der Waals surface area contributed by atoms with Gasteiger partial charge in [-0.3, -0.25) is 4.79 Å². The number of urea groups is 1. The summed E-state index contributed by atoms with van der Waals surface area (Å²) in [5.41, 5.74) is 2.09. The van der Waals surface area contributed by atoms with Crippen LogP contribution < -0.4 is 16.2 Å². The van der Waals surface area contributed by atoms with Gasteiger partial charge in [-0.2, -0.15) is 0 Å². The number of hydrogen-bond acceptors (Lipinski definition) is 4. The van der Waals surface area contributed by atoms with Crippen molar-refractivity contribution in [3.8, 4) is 5.69 Å². The van der Waals surface area contributed by atoms with Crippen LogP contribution in [0.2, 0.25) is 0 Å². The van der Waals surface area contributed by atoms with Crippen molar-refractivity contribution in [2.45, 2.75) is 26.4 Å². The van der Waals surface area contributed by atoms with Gasteiger partial charge in [0.05, 0.1) is 29.8 Å². The molecule has 3 aromatic rings. The Labute approximate surface area is 150 Å². The highest BCUT2D eigenvalue weighted by atomic mass is 16.2. The van der Waals surface area contributed by atoms with Crippen LogP contribution in [0.3, 0.4) is 0 Å². The number of carbonyl (C=O) groups excluding carboxylic acids is 1. The average molecular weight is 352 g/mol. The quantitative estimate of drug-likeness (QED) is 0.711. The molecule has 0 spiro atoms. The van der Waals surface area contributed by atoms with E-state index < -0.39 is 0 Å². The number of nitrogens with one attached hydrogen (secondary N) is 2. The van der Waals surface area contributed by atoms with Crippen LogP contribution in [0.1, 0.15) is 19.0 Å². The summed E-state index contributed by atoms with van der Waals surface area (Å²) in [6.07, 6.45) is 4.09. The number of aryl methyl sites for hydroxylation is 1. The Morgan fingerprint density at radius 1 is 1.15 bits per heavy atom. The van der Waals surface area contributed by atoms with Crippen molar-refractivity contribution in [2.75, 3.05) is 5.32 Å². The van der Waals surface area contributed by atoms with E-state index in [1.165, 1.54) is 6.07 Å². The molecule has 26 heavy (non-hydrogen) atoms. The number of carbonyl (C=O) groups is 1. The number of nitrogens with zero attached hydrogens (tertiary/aromatic N) is 4. The van der Waals surface area contributed by atoms with Gasteiger partial charge in [-0.05, 0) is 24.6 Å². The first-order chi connectivity index (χ1) is 12.7. The standard InChI is InChI=1S/C18H20N6O2/c1-2-10-23-13-14(8-9-17(23)25)21-18(26)19-11-16-12-20-22-24(16)15-6-4-3-5-7-15/h3-9,12-13H,2,10-11H2,1H3,(H2,19,21,26). The van der Waals surface area contributed by atoms with Gasteiger partial charge in [0.15, 0.2) is 0 Å². The van der Waals surface area contributed by atoms with Crippen LogP contribution in [-0.2, 0) is 13.1 Å². The summed E-state index contributed by atoms with van der Waals surface area (Å²) in [5.74, 6) is 0. The monoisotopic (exact) mass is 352 g/mol. The number of amides is 2. The van der Waals surface area contributed by atoms with Gasteiger partial charge < -0.3 is 15.2 Å². The average Bonchev–Trinajstić information content (AvgIpc) is 3.12. The molecule has 0 aliphatic carbocycles. The summed E-state index contributed by atoms with van der Waals surface area (Å²) < 4.78 is 3.24. The number of rotatable bonds is 6. The Bertz CT molecular complexity index is 932. The Balaban J connectivity index is 1.63. The molecule has 2 aromatic heterocycles. The first-order valence-corrected chi connectivity index (χ1v) is 8.37. The lowest BCUT2D eigenvalue weighted by atomic mass is 10.3. The summed E-state index contributed by atoms with van der Waals surface area (Å²) in [6, 6.07) is 12.2. The topological polar surface area (TPSA) is 93.8 Å². The predicted molar refractivity (Wildman–Crippen MR) is 98.2 cm³/mol. The first kappa shape index (κ1) is 17.4. The van der Waals surface area contributed by atoms with Gasteiger partial charge >= 0.3 is 6.03 Å². The molecule has 0 radical (unpaired) electrons.